The minimum Gasteiger partial charge on any atom is -0.342 e. The largest absolute Gasteiger partial charge is 0.342 e. The normalized spacial score (nSPS) is 17.4. The summed E-state index contributed by atoms with van der Waals surface area (Å²) in [6.45, 7) is 2.07. The van der Waals surface area contributed by atoms with E-state index in [-0.39, 0.29) is 22.6 Å². The predicted octanol–water partition coefficient (Wildman–Crippen LogP) is 5.79. The minimum atomic E-state index is -0.312. The predicted molar refractivity (Wildman–Crippen MR) is 141 cm³/mol. The molecule has 34 heavy (non-hydrogen) atoms. The van der Waals surface area contributed by atoms with E-state index in [1.165, 1.54) is 0 Å². The van der Waals surface area contributed by atoms with Crippen molar-refractivity contribution in [3.63, 3.8) is 0 Å². The van der Waals surface area contributed by atoms with Crippen LogP contribution in [0.2, 0.25) is 0 Å². The lowest BCUT2D eigenvalue weighted by Gasteiger charge is -2.44. The van der Waals surface area contributed by atoms with Gasteiger partial charge in [0.15, 0.2) is 0 Å². The van der Waals surface area contributed by atoms with Gasteiger partial charge >= 0.3 is 0 Å². The lowest BCUT2D eigenvalue weighted by Crippen LogP contribution is -2.54. The molecule has 0 N–H and O–H groups in total. The molecule has 3 aromatic rings. The highest BCUT2D eigenvalue weighted by Gasteiger charge is 2.47. The van der Waals surface area contributed by atoms with E-state index in [9.17, 15) is 9.59 Å². The second-order valence-electron chi connectivity index (χ2n) is 8.84. The Morgan fingerprint density at radius 1 is 0.794 bits per heavy atom. The highest BCUT2D eigenvalue weighted by atomic mass is 79.9. The molecule has 0 aliphatic carbocycles. The lowest BCUT2D eigenvalue weighted by atomic mass is 9.89. The first kappa shape index (κ1) is 23.2. The van der Waals surface area contributed by atoms with Crippen molar-refractivity contribution in [1.29, 1.82) is 0 Å². The second kappa shape index (κ2) is 9.96. The Bertz CT molecular complexity index is 1110. The zero-order chi connectivity index (χ0) is 23.5. The molecule has 2 aliphatic heterocycles. The molecule has 2 aliphatic rings. The Hall–Kier alpha value is -2.57. The summed E-state index contributed by atoms with van der Waals surface area (Å²) in [4.78, 5) is 31.0. The summed E-state index contributed by atoms with van der Waals surface area (Å²) in [5.74, 6) is 0.852. The van der Waals surface area contributed by atoms with Crippen LogP contribution >= 0.6 is 27.7 Å². The Morgan fingerprint density at radius 2 is 1.35 bits per heavy atom. The number of thioether (sulfide) groups is 1. The number of carbonyl (C=O) groups is 2. The third-order valence-corrected chi connectivity index (χ3v) is 8.96. The summed E-state index contributed by atoms with van der Waals surface area (Å²) < 4.78 is 0.966. The maximum atomic E-state index is 13.8. The molecular formula is C28H27BrN2O2S. The Balaban J connectivity index is 1.34. The van der Waals surface area contributed by atoms with E-state index in [1.54, 1.807) is 0 Å². The van der Waals surface area contributed by atoms with Crippen LogP contribution in [0, 0.1) is 0 Å². The minimum absolute atomic E-state index is 0.0868. The molecule has 1 spiro atoms. The zero-order valence-corrected chi connectivity index (χ0v) is 21.3. The van der Waals surface area contributed by atoms with Crippen molar-refractivity contribution < 1.29 is 9.59 Å². The van der Waals surface area contributed by atoms with Crippen LogP contribution in [-0.4, -0.2) is 51.9 Å². The van der Waals surface area contributed by atoms with E-state index in [4.69, 9.17) is 0 Å². The number of piperidine rings is 1. The first-order chi connectivity index (χ1) is 16.6. The van der Waals surface area contributed by atoms with Gasteiger partial charge in [-0.05, 0) is 48.2 Å². The maximum Gasteiger partial charge on any atom is 0.254 e. The summed E-state index contributed by atoms with van der Waals surface area (Å²) in [7, 11) is 0. The number of hydrogen-bond acceptors (Lipinski definition) is 3. The fourth-order valence-corrected chi connectivity index (χ4v) is 6.80. The van der Waals surface area contributed by atoms with Gasteiger partial charge in [0.1, 0.15) is 0 Å². The van der Waals surface area contributed by atoms with Crippen LogP contribution in [0.25, 0.3) is 0 Å². The molecule has 0 saturated carbocycles. The average molecular weight is 536 g/mol. The van der Waals surface area contributed by atoms with Gasteiger partial charge in [-0.25, -0.2) is 0 Å². The van der Waals surface area contributed by atoms with Crippen LogP contribution in [0.15, 0.2) is 89.4 Å². The summed E-state index contributed by atoms with van der Waals surface area (Å²) in [5, 5.41) is 0. The average Bonchev–Trinajstić information content (AvgIpc) is 3.28. The Labute approximate surface area is 213 Å². The second-order valence-corrected chi connectivity index (χ2v) is 11.2. The number of halogens is 1. The molecule has 0 radical (unpaired) electrons. The topological polar surface area (TPSA) is 40.6 Å². The number of amides is 2. The van der Waals surface area contributed by atoms with Gasteiger partial charge in [0, 0.05) is 35.4 Å². The number of rotatable bonds is 4. The third kappa shape index (κ3) is 4.53. The molecule has 0 unspecified atom stereocenters. The van der Waals surface area contributed by atoms with Crippen molar-refractivity contribution >= 4 is 39.5 Å². The standard InChI is InChI=1S/C28H27BrN2O2S/c29-24-13-11-23(12-14-24)26(32)31-19-20-34-28(31)15-17-30(18-16-28)27(33)25(21-7-3-1-4-8-21)22-9-5-2-6-10-22/h1-14,25H,15-20H2. The molecule has 2 heterocycles. The van der Waals surface area contributed by atoms with E-state index in [2.05, 4.69) is 20.8 Å². The molecular weight excluding hydrogens is 508 g/mol. The fourth-order valence-electron chi connectivity index (χ4n) is 5.09. The molecule has 4 nitrogen and oxygen atoms in total. The van der Waals surface area contributed by atoms with E-state index in [0.717, 1.165) is 46.3 Å². The maximum absolute atomic E-state index is 13.8. The molecule has 3 aromatic carbocycles. The molecule has 174 valence electrons. The molecule has 6 heteroatoms. The van der Waals surface area contributed by atoms with E-state index in [0.29, 0.717) is 13.1 Å². The van der Waals surface area contributed by atoms with Gasteiger partial charge in [-0.3, -0.25) is 9.59 Å². The molecule has 5 rings (SSSR count). The number of likely N-dealkylation sites (tertiary alicyclic amines) is 1. The van der Waals surface area contributed by atoms with Gasteiger partial charge in [0.25, 0.3) is 5.91 Å². The summed E-state index contributed by atoms with van der Waals surface area (Å²) in [6.07, 6.45) is 1.59. The number of benzene rings is 3. The first-order valence-corrected chi connectivity index (χ1v) is 13.5. The molecule has 0 atom stereocenters. The van der Waals surface area contributed by atoms with Crippen molar-refractivity contribution in [1.82, 2.24) is 9.80 Å². The van der Waals surface area contributed by atoms with Crippen molar-refractivity contribution in [2.24, 2.45) is 0 Å². The molecule has 0 aromatic heterocycles. The summed E-state index contributed by atoms with van der Waals surface area (Å²) in [6, 6.07) is 27.7. The van der Waals surface area contributed by atoms with Crippen LogP contribution in [-0.2, 0) is 4.79 Å². The number of nitrogens with zero attached hydrogens (tertiary/aromatic N) is 2. The van der Waals surface area contributed by atoms with Gasteiger partial charge in [-0.15, -0.1) is 11.8 Å². The Morgan fingerprint density at radius 3 is 1.91 bits per heavy atom. The number of carbonyl (C=O) groups excluding carboxylic acids is 2. The van der Waals surface area contributed by atoms with Gasteiger partial charge in [-0.1, -0.05) is 76.6 Å². The van der Waals surface area contributed by atoms with Crippen LogP contribution in [0.1, 0.15) is 40.2 Å². The molecule has 2 fully saturated rings. The first-order valence-electron chi connectivity index (χ1n) is 11.7. The molecule has 0 bridgehead atoms. The van der Waals surface area contributed by atoms with E-state index < -0.39 is 0 Å². The van der Waals surface area contributed by atoms with Crippen molar-refractivity contribution in [3.05, 3.63) is 106 Å². The van der Waals surface area contributed by atoms with Gasteiger partial charge in [0.2, 0.25) is 5.91 Å². The van der Waals surface area contributed by atoms with Crippen LogP contribution < -0.4 is 0 Å². The smallest absolute Gasteiger partial charge is 0.254 e. The number of hydrogen-bond donors (Lipinski definition) is 0. The highest BCUT2D eigenvalue weighted by Crippen LogP contribution is 2.45. The summed E-state index contributed by atoms with van der Waals surface area (Å²) in [5.41, 5.74) is 2.75. The quantitative estimate of drug-likeness (QED) is 0.425. The summed E-state index contributed by atoms with van der Waals surface area (Å²) >= 11 is 5.32. The van der Waals surface area contributed by atoms with Crippen molar-refractivity contribution in [2.75, 3.05) is 25.4 Å². The SMILES string of the molecule is O=C(C(c1ccccc1)c1ccccc1)N1CCC2(CC1)SCCN2C(=O)c1ccc(Br)cc1. The van der Waals surface area contributed by atoms with E-state index >= 15 is 0 Å². The third-order valence-electron chi connectivity index (χ3n) is 6.88. The highest BCUT2D eigenvalue weighted by molar-refractivity contribution is 9.10. The monoisotopic (exact) mass is 534 g/mol. The molecule has 2 amide bonds. The fraction of sp³-hybridized carbons (Fsp3) is 0.286. The Kier molecular flexibility index (Phi) is 6.79. The molecule has 2 saturated heterocycles. The van der Waals surface area contributed by atoms with E-state index in [1.807, 2.05) is 102 Å². The van der Waals surface area contributed by atoms with Crippen molar-refractivity contribution in [3.8, 4) is 0 Å². The van der Waals surface area contributed by atoms with Gasteiger partial charge in [0.05, 0.1) is 10.8 Å². The van der Waals surface area contributed by atoms with Crippen LogP contribution in [0.5, 0.6) is 0 Å². The van der Waals surface area contributed by atoms with Crippen LogP contribution in [0.3, 0.4) is 0 Å². The zero-order valence-electron chi connectivity index (χ0n) is 18.9. The van der Waals surface area contributed by atoms with Gasteiger partial charge < -0.3 is 9.80 Å². The van der Waals surface area contributed by atoms with Crippen molar-refractivity contribution in [2.45, 2.75) is 23.6 Å². The van der Waals surface area contributed by atoms with Gasteiger partial charge in [-0.2, -0.15) is 0 Å². The lowest BCUT2D eigenvalue weighted by molar-refractivity contribution is -0.133. The van der Waals surface area contributed by atoms with Crippen LogP contribution in [0.4, 0.5) is 0 Å².